The second kappa shape index (κ2) is 13.2. The van der Waals surface area contributed by atoms with Crippen molar-refractivity contribution in [2.45, 2.75) is 32.0 Å². The summed E-state index contributed by atoms with van der Waals surface area (Å²) in [4.78, 5) is 0. The van der Waals surface area contributed by atoms with Crippen molar-refractivity contribution >= 4 is 11.6 Å². The summed E-state index contributed by atoms with van der Waals surface area (Å²) in [6.07, 6.45) is -12.7. The third kappa shape index (κ3) is 7.54. The highest BCUT2D eigenvalue weighted by Crippen LogP contribution is 2.41. The van der Waals surface area contributed by atoms with Crippen LogP contribution in [0.25, 0.3) is 22.3 Å². The van der Waals surface area contributed by atoms with Crippen molar-refractivity contribution in [2.75, 3.05) is 0 Å². The molecule has 46 heavy (non-hydrogen) atoms. The Labute approximate surface area is 257 Å². The van der Waals surface area contributed by atoms with Crippen molar-refractivity contribution in [3.8, 4) is 33.8 Å². The number of rotatable bonds is 10. The lowest BCUT2D eigenvalue weighted by atomic mass is 9.96. The minimum absolute atomic E-state index is 0.0325. The number of hydrogen-bond donors (Lipinski definition) is 0. The van der Waals surface area contributed by atoms with Gasteiger partial charge in [-0.3, -0.25) is 0 Å². The second-order valence-corrected chi connectivity index (χ2v) is 10.0. The first-order chi connectivity index (χ1) is 21.4. The lowest BCUT2D eigenvalue weighted by Crippen LogP contribution is -2.26. The predicted molar refractivity (Wildman–Crippen MR) is 143 cm³/mol. The van der Waals surface area contributed by atoms with E-state index in [1.165, 1.54) is 12.1 Å². The summed E-state index contributed by atoms with van der Waals surface area (Å²) < 4.78 is 176. The van der Waals surface area contributed by atoms with Crippen LogP contribution in [0.1, 0.15) is 24.5 Å². The van der Waals surface area contributed by atoms with Crippen LogP contribution in [-0.2, 0) is 12.5 Å². The minimum Gasteiger partial charge on any atom is -0.429 e. The molecule has 0 spiro atoms. The average molecular weight is 685 g/mol. The molecule has 0 aliphatic carbocycles. The van der Waals surface area contributed by atoms with E-state index in [4.69, 9.17) is 11.6 Å². The summed E-state index contributed by atoms with van der Waals surface area (Å²) in [5.74, 6) is -13.6. The summed E-state index contributed by atoms with van der Waals surface area (Å²) in [5.41, 5.74) is -2.79. The molecule has 0 aliphatic heterocycles. The molecule has 0 fully saturated rings. The molecule has 0 amide bonds. The van der Waals surface area contributed by atoms with Crippen LogP contribution in [0.15, 0.2) is 66.8 Å². The Balaban J connectivity index is 1.65. The zero-order valence-corrected chi connectivity index (χ0v) is 23.7. The van der Waals surface area contributed by atoms with Gasteiger partial charge < -0.3 is 9.47 Å². The van der Waals surface area contributed by atoms with E-state index in [-0.39, 0.29) is 35.4 Å². The maximum atomic E-state index is 15.2. The van der Waals surface area contributed by atoms with Gasteiger partial charge in [0.1, 0.15) is 34.6 Å². The standard InChI is InChI=1S/C31H17ClF12O2/c1-2-3-14-4-5-18(20(33)6-14)15-7-19(32)27(21(34)8-15)16-9-22(35)28(23(36)10-16)31(43,44)45-17-11-24(37)29(25(38)12-17)46-30(41,42)13-26(39)40/h4-13H,2-3H2,1H3. The minimum atomic E-state index is -5.02. The van der Waals surface area contributed by atoms with E-state index in [2.05, 4.69) is 9.47 Å². The molecule has 0 bridgehead atoms. The predicted octanol–water partition coefficient (Wildman–Crippen LogP) is 11.3. The fraction of sp³-hybridized carbons (Fsp3) is 0.161. The summed E-state index contributed by atoms with van der Waals surface area (Å²) in [7, 11) is 0. The molecular formula is C31H17ClF12O2. The Morgan fingerprint density at radius 2 is 1.30 bits per heavy atom. The molecule has 4 aromatic carbocycles. The zero-order chi connectivity index (χ0) is 34.1. The summed E-state index contributed by atoms with van der Waals surface area (Å²) in [5, 5.41) is -0.467. The maximum Gasteiger partial charge on any atom is 0.432 e. The van der Waals surface area contributed by atoms with Crippen molar-refractivity contribution in [2.24, 2.45) is 0 Å². The fourth-order valence-electron chi connectivity index (χ4n) is 4.42. The third-order valence-electron chi connectivity index (χ3n) is 6.28. The quantitative estimate of drug-likeness (QED) is 0.155. The van der Waals surface area contributed by atoms with E-state index in [0.717, 1.165) is 18.6 Å². The zero-order valence-electron chi connectivity index (χ0n) is 22.9. The molecule has 0 aromatic heterocycles. The highest BCUT2D eigenvalue weighted by molar-refractivity contribution is 6.33. The monoisotopic (exact) mass is 684 g/mol. The lowest BCUT2D eigenvalue weighted by Gasteiger charge is -2.21. The Kier molecular flexibility index (Phi) is 9.90. The van der Waals surface area contributed by atoms with Crippen LogP contribution in [0.4, 0.5) is 52.7 Å². The lowest BCUT2D eigenvalue weighted by molar-refractivity contribution is -0.189. The van der Waals surface area contributed by atoms with Gasteiger partial charge in [-0.1, -0.05) is 37.1 Å². The van der Waals surface area contributed by atoms with E-state index in [1.807, 2.05) is 6.92 Å². The largest absolute Gasteiger partial charge is 0.432 e. The van der Waals surface area contributed by atoms with Crippen LogP contribution >= 0.6 is 11.6 Å². The molecule has 0 atom stereocenters. The summed E-state index contributed by atoms with van der Waals surface area (Å²) >= 11 is 6.15. The topological polar surface area (TPSA) is 18.5 Å². The Hall–Kier alpha value is -4.33. The molecule has 4 aromatic rings. The molecule has 0 heterocycles. The smallest absolute Gasteiger partial charge is 0.429 e. The van der Waals surface area contributed by atoms with Crippen LogP contribution < -0.4 is 9.47 Å². The molecule has 0 N–H and O–H groups in total. The van der Waals surface area contributed by atoms with Gasteiger partial charge in [-0.2, -0.15) is 26.3 Å². The molecule has 2 nitrogen and oxygen atoms in total. The summed E-state index contributed by atoms with van der Waals surface area (Å²) in [6.45, 7) is 1.89. The van der Waals surface area contributed by atoms with Crippen LogP contribution in [0.3, 0.4) is 0 Å². The number of ether oxygens (including phenoxy) is 2. The van der Waals surface area contributed by atoms with Crippen LogP contribution in [0.2, 0.25) is 5.02 Å². The Morgan fingerprint density at radius 1 is 0.717 bits per heavy atom. The molecule has 0 aliphatic rings. The van der Waals surface area contributed by atoms with Gasteiger partial charge in [0, 0.05) is 23.3 Å². The first-order valence-corrected chi connectivity index (χ1v) is 13.2. The van der Waals surface area contributed by atoms with Gasteiger partial charge in [0.2, 0.25) is 0 Å². The number of halogens is 13. The number of benzene rings is 4. The fourth-order valence-corrected chi connectivity index (χ4v) is 4.74. The molecule has 0 saturated heterocycles. The second-order valence-electron chi connectivity index (χ2n) is 9.63. The molecule has 0 radical (unpaired) electrons. The normalized spacial score (nSPS) is 11.9. The number of hydrogen-bond acceptors (Lipinski definition) is 2. The van der Waals surface area contributed by atoms with Gasteiger partial charge >= 0.3 is 12.2 Å². The first-order valence-electron chi connectivity index (χ1n) is 12.9. The Bertz CT molecular complexity index is 1750. The molecule has 0 unspecified atom stereocenters. The molecular weight excluding hydrogens is 668 g/mol. The van der Waals surface area contributed by atoms with Crippen molar-refractivity contribution in [1.29, 1.82) is 0 Å². The molecule has 0 saturated carbocycles. The average Bonchev–Trinajstić information content (AvgIpc) is 2.89. The van der Waals surface area contributed by atoms with Crippen molar-refractivity contribution in [3.63, 3.8) is 0 Å². The van der Waals surface area contributed by atoms with E-state index in [9.17, 15) is 48.3 Å². The van der Waals surface area contributed by atoms with Crippen molar-refractivity contribution in [3.05, 3.63) is 118 Å². The third-order valence-corrected chi connectivity index (χ3v) is 6.58. The van der Waals surface area contributed by atoms with E-state index in [1.54, 1.807) is 6.07 Å². The summed E-state index contributed by atoms with van der Waals surface area (Å²) in [6, 6.07) is 6.41. The Morgan fingerprint density at radius 3 is 1.83 bits per heavy atom. The van der Waals surface area contributed by atoms with Gasteiger partial charge in [0.05, 0.1) is 11.1 Å². The van der Waals surface area contributed by atoms with Gasteiger partial charge in [-0.25, -0.2) is 26.3 Å². The van der Waals surface area contributed by atoms with Crippen LogP contribution in [0, 0.1) is 34.9 Å². The van der Waals surface area contributed by atoms with Crippen molar-refractivity contribution in [1.82, 2.24) is 0 Å². The van der Waals surface area contributed by atoms with Crippen LogP contribution in [0.5, 0.6) is 11.5 Å². The highest BCUT2D eigenvalue weighted by Gasteiger charge is 2.42. The van der Waals surface area contributed by atoms with Gasteiger partial charge in [0.25, 0.3) is 6.08 Å². The molecule has 244 valence electrons. The van der Waals surface area contributed by atoms with Gasteiger partial charge in [-0.15, -0.1) is 0 Å². The number of alkyl halides is 4. The van der Waals surface area contributed by atoms with Crippen molar-refractivity contribution < 1.29 is 62.2 Å². The van der Waals surface area contributed by atoms with E-state index >= 15 is 4.39 Å². The van der Waals surface area contributed by atoms with Gasteiger partial charge in [-0.05, 0) is 53.4 Å². The SMILES string of the molecule is CCCc1ccc(-c2cc(F)c(-c3cc(F)c(C(F)(F)Oc4cc(F)c(OC(F)(F)C=C(F)F)c(F)c4)c(F)c3)c(Cl)c2)c(F)c1. The van der Waals surface area contributed by atoms with E-state index < -0.39 is 92.5 Å². The molecule has 15 heteroatoms. The first kappa shape index (κ1) is 34.5. The molecule has 4 rings (SSSR count). The van der Waals surface area contributed by atoms with E-state index in [0.29, 0.717) is 12.0 Å². The van der Waals surface area contributed by atoms with Crippen LogP contribution in [-0.4, -0.2) is 6.11 Å². The highest BCUT2D eigenvalue weighted by atomic mass is 35.5. The number of aryl methyl sites for hydroxylation is 1. The maximum absolute atomic E-state index is 15.2. The van der Waals surface area contributed by atoms with Gasteiger partial charge in [0.15, 0.2) is 17.4 Å².